The first-order valence-electron chi connectivity index (χ1n) is 8.89. The van der Waals surface area contributed by atoms with Crippen molar-refractivity contribution in [2.24, 2.45) is 0 Å². The number of carbonyl (C=O) groups is 2. The van der Waals surface area contributed by atoms with Crippen molar-refractivity contribution in [3.05, 3.63) is 38.7 Å². The Bertz CT molecular complexity index is 958. The molecular weight excluding hydrogens is 386 g/mol. The molecule has 1 aromatic heterocycles. The van der Waals surface area contributed by atoms with Crippen LogP contribution in [-0.2, 0) is 9.53 Å². The Balaban J connectivity index is 1.96. The summed E-state index contributed by atoms with van der Waals surface area (Å²) < 4.78 is 15.6. The second-order valence-electron chi connectivity index (χ2n) is 7.42. The van der Waals surface area contributed by atoms with Gasteiger partial charge in [-0.3, -0.25) is 4.79 Å². The van der Waals surface area contributed by atoms with Crippen molar-refractivity contribution in [3.8, 4) is 5.75 Å². The number of hydrogen-bond acceptors (Lipinski definition) is 6. The Kier molecular flexibility index (Phi) is 6.72. The summed E-state index contributed by atoms with van der Waals surface area (Å²) in [5, 5.41) is 3.49. The molecule has 0 spiro atoms. The molecule has 28 heavy (non-hydrogen) atoms. The van der Waals surface area contributed by atoms with Crippen LogP contribution in [0.1, 0.15) is 44.7 Å². The van der Waals surface area contributed by atoms with Crippen LogP contribution in [0.15, 0.2) is 21.3 Å². The van der Waals surface area contributed by atoms with Gasteiger partial charge in [0.25, 0.3) is 0 Å². The zero-order chi connectivity index (χ0) is 21.1. The average Bonchev–Trinajstić information content (AvgIpc) is 2.57. The van der Waals surface area contributed by atoms with Gasteiger partial charge in [0.05, 0.1) is 5.02 Å². The van der Waals surface area contributed by atoms with Crippen molar-refractivity contribution in [3.63, 3.8) is 0 Å². The van der Waals surface area contributed by atoms with E-state index in [0.29, 0.717) is 23.0 Å². The minimum Gasteiger partial charge on any atom is -0.444 e. The predicted molar refractivity (Wildman–Crippen MR) is 106 cm³/mol. The van der Waals surface area contributed by atoms with E-state index in [4.69, 9.17) is 25.5 Å². The van der Waals surface area contributed by atoms with Crippen molar-refractivity contribution < 1.29 is 23.5 Å². The molecule has 2 rings (SSSR count). The molecule has 1 N–H and O–H groups in total. The smallest absolute Gasteiger partial charge is 0.407 e. The van der Waals surface area contributed by atoms with Gasteiger partial charge in [-0.15, -0.1) is 0 Å². The SMILES string of the molecule is Cc1c(C)c2cc(Cl)c(OC(=O)CCCNC(=O)OC(C)(C)C)cc2oc1=O. The molecule has 1 aromatic carbocycles. The lowest BCUT2D eigenvalue weighted by atomic mass is 10.1. The maximum atomic E-state index is 12.0. The Morgan fingerprint density at radius 1 is 1.18 bits per heavy atom. The van der Waals surface area contributed by atoms with Crippen molar-refractivity contribution in [1.82, 2.24) is 5.32 Å². The number of esters is 1. The molecule has 1 amide bonds. The number of nitrogens with one attached hydrogen (secondary N) is 1. The van der Waals surface area contributed by atoms with E-state index in [9.17, 15) is 14.4 Å². The third-order valence-corrected chi connectivity index (χ3v) is 4.25. The van der Waals surface area contributed by atoms with Crippen LogP contribution in [0.2, 0.25) is 5.02 Å². The number of rotatable bonds is 5. The van der Waals surface area contributed by atoms with Crippen LogP contribution in [0.25, 0.3) is 11.0 Å². The first-order chi connectivity index (χ1) is 13.0. The second kappa shape index (κ2) is 8.65. The number of ether oxygens (including phenoxy) is 2. The quantitative estimate of drug-likeness (QED) is 0.343. The van der Waals surface area contributed by atoms with E-state index >= 15 is 0 Å². The third-order valence-electron chi connectivity index (χ3n) is 3.96. The molecule has 0 bridgehead atoms. The normalized spacial score (nSPS) is 11.4. The Morgan fingerprint density at radius 3 is 2.50 bits per heavy atom. The number of hydrogen-bond donors (Lipinski definition) is 1. The molecule has 0 aliphatic heterocycles. The van der Waals surface area contributed by atoms with Crippen molar-refractivity contribution in [2.45, 2.75) is 53.1 Å². The molecule has 7 nitrogen and oxygen atoms in total. The molecule has 0 atom stereocenters. The molecule has 8 heteroatoms. The van der Waals surface area contributed by atoms with Gasteiger partial charge in [-0.25, -0.2) is 9.59 Å². The molecule has 0 aliphatic rings. The molecule has 0 radical (unpaired) electrons. The highest BCUT2D eigenvalue weighted by Crippen LogP contribution is 2.32. The van der Waals surface area contributed by atoms with E-state index in [2.05, 4.69) is 5.32 Å². The summed E-state index contributed by atoms with van der Waals surface area (Å²) in [5.41, 5.74) is 0.539. The van der Waals surface area contributed by atoms with Gasteiger partial charge in [-0.2, -0.15) is 0 Å². The van der Waals surface area contributed by atoms with Crippen LogP contribution in [0.3, 0.4) is 0 Å². The van der Waals surface area contributed by atoms with Crippen molar-refractivity contribution in [1.29, 1.82) is 0 Å². The summed E-state index contributed by atoms with van der Waals surface area (Å²) in [6, 6.07) is 3.04. The van der Waals surface area contributed by atoms with Crippen LogP contribution >= 0.6 is 11.6 Å². The number of benzene rings is 1. The summed E-state index contributed by atoms with van der Waals surface area (Å²) in [4.78, 5) is 35.4. The fraction of sp³-hybridized carbons (Fsp3) is 0.450. The minimum absolute atomic E-state index is 0.0705. The Hall–Kier alpha value is -2.54. The minimum atomic E-state index is -0.582. The lowest BCUT2D eigenvalue weighted by Crippen LogP contribution is -2.33. The lowest BCUT2D eigenvalue weighted by molar-refractivity contribution is -0.134. The highest BCUT2D eigenvalue weighted by Gasteiger charge is 2.16. The molecule has 152 valence electrons. The first-order valence-corrected chi connectivity index (χ1v) is 9.27. The molecule has 0 saturated carbocycles. The van der Waals surface area contributed by atoms with Crippen molar-refractivity contribution in [2.75, 3.05) is 6.54 Å². The summed E-state index contributed by atoms with van der Waals surface area (Å²) in [7, 11) is 0. The number of alkyl carbamates (subject to hydrolysis) is 1. The molecule has 0 saturated heterocycles. The Morgan fingerprint density at radius 2 is 1.86 bits per heavy atom. The summed E-state index contributed by atoms with van der Waals surface area (Å²) >= 11 is 6.21. The molecule has 0 unspecified atom stereocenters. The average molecular weight is 410 g/mol. The highest BCUT2D eigenvalue weighted by atomic mass is 35.5. The third kappa shape index (κ3) is 5.73. The van der Waals surface area contributed by atoms with Gasteiger partial charge < -0.3 is 19.2 Å². The van der Waals surface area contributed by atoms with Gasteiger partial charge in [0.1, 0.15) is 11.2 Å². The largest absolute Gasteiger partial charge is 0.444 e. The van der Waals surface area contributed by atoms with Crippen LogP contribution in [-0.4, -0.2) is 24.2 Å². The number of aryl methyl sites for hydroxylation is 1. The van der Waals surface area contributed by atoms with Crippen LogP contribution in [0, 0.1) is 13.8 Å². The monoisotopic (exact) mass is 409 g/mol. The van der Waals surface area contributed by atoms with Crippen LogP contribution < -0.4 is 15.7 Å². The van der Waals surface area contributed by atoms with E-state index in [0.717, 1.165) is 5.56 Å². The summed E-state index contributed by atoms with van der Waals surface area (Å²) in [6.07, 6.45) is -0.100. The first kappa shape index (κ1) is 21.8. The Labute approximate surface area is 167 Å². The maximum Gasteiger partial charge on any atom is 0.407 e. The fourth-order valence-electron chi connectivity index (χ4n) is 2.43. The molecule has 2 aromatic rings. The van der Waals surface area contributed by atoms with E-state index in [1.807, 2.05) is 0 Å². The van der Waals surface area contributed by atoms with Gasteiger partial charge >= 0.3 is 17.7 Å². The lowest BCUT2D eigenvalue weighted by Gasteiger charge is -2.19. The molecular formula is C20H24ClNO6. The number of halogens is 1. The van der Waals surface area contributed by atoms with Gasteiger partial charge in [-0.1, -0.05) is 11.6 Å². The summed E-state index contributed by atoms with van der Waals surface area (Å²) in [6.45, 7) is 9.04. The number of carbonyl (C=O) groups excluding carboxylic acids is 2. The topological polar surface area (TPSA) is 94.8 Å². The number of fused-ring (bicyclic) bond motifs is 1. The van der Waals surface area contributed by atoms with Gasteiger partial charge in [-0.05, 0) is 52.7 Å². The standard InChI is InChI=1S/C20H24ClNO6/c1-11-12(2)18(24)27-15-10-16(14(21)9-13(11)15)26-17(23)7-6-8-22-19(25)28-20(3,4)5/h9-10H,6-8H2,1-5H3,(H,22,25). The molecule has 0 fully saturated rings. The zero-order valence-electron chi connectivity index (χ0n) is 16.6. The highest BCUT2D eigenvalue weighted by molar-refractivity contribution is 6.33. The van der Waals surface area contributed by atoms with Gasteiger partial charge in [0.15, 0.2) is 5.75 Å². The van der Waals surface area contributed by atoms with E-state index < -0.39 is 23.3 Å². The fourth-order valence-corrected chi connectivity index (χ4v) is 2.64. The molecule has 1 heterocycles. The van der Waals surface area contributed by atoms with Gasteiger partial charge in [0.2, 0.25) is 0 Å². The van der Waals surface area contributed by atoms with Crippen molar-refractivity contribution >= 4 is 34.6 Å². The van der Waals surface area contributed by atoms with E-state index in [-0.39, 0.29) is 23.7 Å². The molecule has 0 aliphatic carbocycles. The van der Waals surface area contributed by atoms with E-state index in [1.165, 1.54) is 6.07 Å². The van der Waals surface area contributed by atoms with Crippen LogP contribution in [0.4, 0.5) is 4.79 Å². The zero-order valence-corrected chi connectivity index (χ0v) is 17.4. The summed E-state index contributed by atoms with van der Waals surface area (Å²) in [5.74, 6) is -0.399. The van der Waals surface area contributed by atoms with Crippen LogP contribution in [0.5, 0.6) is 5.75 Å². The van der Waals surface area contributed by atoms with Gasteiger partial charge in [0, 0.05) is 30.0 Å². The second-order valence-corrected chi connectivity index (χ2v) is 7.83. The van der Waals surface area contributed by atoms with E-state index in [1.54, 1.807) is 40.7 Å². The predicted octanol–water partition coefficient (Wildman–Crippen LogP) is 4.27. The maximum absolute atomic E-state index is 12.0. The number of amides is 1.